The Kier molecular flexibility index (Phi) is 6.30. The van der Waals surface area contributed by atoms with E-state index in [4.69, 9.17) is 16.6 Å². The van der Waals surface area contributed by atoms with Crippen molar-refractivity contribution in [2.45, 2.75) is 26.2 Å². The molecule has 1 amide bonds. The summed E-state index contributed by atoms with van der Waals surface area (Å²) in [5.74, 6) is 0.702. The molecule has 2 aliphatic rings. The average molecular weight is 459 g/mol. The number of hydrogen-bond acceptors (Lipinski definition) is 2. The second-order valence-corrected chi connectivity index (χ2v) is 9.59. The summed E-state index contributed by atoms with van der Waals surface area (Å²) in [5, 5.41) is 0.662. The lowest BCUT2D eigenvalue weighted by Crippen LogP contribution is -3.14. The van der Waals surface area contributed by atoms with Gasteiger partial charge in [0.2, 0.25) is 0 Å². The van der Waals surface area contributed by atoms with E-state index >= 15 is 0 Å². The summed E-state index contributed by atoms with van der Waals surface area (Å²) < 4.78 is 0. The van der Waals surface area contributed by atoms with Crippen molar-refractivity contribution in [3.05, 3.63) is 94.5 Å². The van der Waals surface area contributed by atoms with E-state index in [0.717, 1.165) is 42.2 Å². The number of nitrogens with zero attached hydrogens (tertiary/aromatic N) is 2. The Bertz CT molecular complexity index is 1180. The standard InChI is InChI=1S/C28H28ClN3O/c1-20-11-12-23(18-25(20)29)30-27-24-9-5-6-10-26(24)32(28(27)33)19-31-15-13-22(14-16-31)17-21-7-3-2-4-8-21/h2-12,18,22H,13-17,19H2,1H3/p+1. The van der Waals surface area contributed by atoms with Crippen molar-refractivity contribution in [1.82, 2.24) is 0 Å². The summed E-state index contributed by atoms with van der Waals surface area (Å²) in [4.78, 5) is 21.5. The maximum Gasteiger partial charge on any atom is 0.281 e. The minimum absolute atomic E-state index is 0.0215. The zero-order chi connectivity index (χ0) is 22.8. The first kappa shape index (κ1) is 21.9. The van der Waals surface area contributed by atoms with Crippen molar-refractivity contribution in [3.63, 3.8) is 0 Å². The predicted octanol–water partition coefficient (Wildman–Crippen LogP) is 4.61. The van der Waals surface area contributed by atoms with Crippen LogP contribution < -0.4 is 9.80 Å². The van der Waals surface area contributed by atoms with E-state index in [2.05, 4.69) is 30.3 Å². The van der Waals surface area contributed by atoms with Crippen molar-refractivity contribution in [3.8, 4) is 0 Å². The molecule has 2 heterocycles. The second-order valence-electron chi connectivity index (χ2n) is 9.19. The molecule has 0 aliphatic carbocycles. The monoisotopic (exact) mass is 458 g/mol. The molecule has 2 aliphatic heterocycles. The van der Waals surface area contributed by atoms with Gasteiger partial charge < -0.3 is 4.90 Å². The molecule has 3 aromatic rings. The molecule has 0 atom stereocenters. The first-order valence-corrected chi connectivity index (χ1v) is 12.1. The molecule has 0 saturated carbocycles. The van der Waals surface area contributed by atoms with E-state index in [1.165, 1.54) is 23.3 Å². The van der Waals surface area contributed by atoms with Gasteiger partial charge in [0, 0.05) is 10.6 Å². The zero-order valence-electron chi connectivity index (χ0n) is 18.9. The molecule has 168 valence electrons. The number of anilines is 1. The first-order valence-electron chi connectivity index (χ1n) is 11.7. The number of aliphatic imine (C=N–C) groups is 1. The van der Waals surface area contributed by atoms with Crippen LogP contribution in [0.15, 0.2) is 77.8 Å². The highest BCUT2D eigenvalue weighted by Crippen LogP contribution is 2.31. The molecule has 0 aromatic heterocycles. The van der Waals surface area contributed by atoms with E-state index in [9.17, 15) is 4.79 Å². The normalized spacial score (nSPS) is 21.5. The van der Waals surface area contributed by atoms with Crippen molar-refractivity contribution in [2.75, 3.05) is 24.7 Å². The van der Waals surface area contributed by atoms with E-state index in [1.54, 1.807) is 0 Å². The third-order valence-electron chi connectivity index (χ3n) is 6.86. The number of halogens is 1. The van der Waals surface area contributed by atoms with Gasteiger partial charge in [-0.1, -0.05) is 66.2 Å². The van der Waals surface area contributed by atoms with Crippen LogP contribution in [0, 0.1) is 12.8 Å². The van der Waals surface area contributed by atoms with Crippen LogP contribution in [0.5, 0.6) is 0 Å². The minimum Gasteiger partial charge on any atom is -0.317 e. The second kappa shape index (κ2) is 9.50. The molecule has 4 nitrogen and oxygen atoms in total. The number of carbonyl (C=O) groups is 1. The Morgan fingerprint density at radius 2 is 1.73 bits per heavy atom. The predicted molar refractivity (Wildman–Crippen MR) is 135 cm³/mol. The largest absolute Gasteiger partial charge is 0.317 e. The van der Waals surface area contributed by atoms with Crippen molar-refractivity contribution in [1.29, 1.82) is 0 Å². The smallest absolute Gasteiger partial charge is 0.281 e. The SMILES string of the molecule is Cc1ccc(N=C2C(=O)N(C[NH+]3CCC(Cc4ccccc4)CC3)c3ccccc32)cc1Cl. The van der Waals surface area contributed by atoms with E-state index in [1.807, 2.05) is 54.3 Å². The first-order chi connectivity index (χ1) is 16.1. The van der Waals surface area contributed by atoms with Gasteiger partial charge in [-0.2, -0.15) is 0 Å². The number of fused-ring (bicyclic) bond motifs is 1. The number of piperidine rings is 1. The highest BCUT2D eigenvalue weighted by molar-refractivity contribution is 6.54. The fourth-order valence-electron chi connectivity index (χ4n) is 4.93. The molecule has 0 spiro atoms. The number of nitrogens with one attached hydrogen (secondary N) is 1. The van der Waals surface area contributed by atoms with Gasteiger partial charge in [0.15, 0.2) is 6.67 Å². The van der Waals surface area contributed by atoms with Crippen molar-refractivity contribution < 1.29 is 9.69 Å². The van der Waals surface area contributed by atoms with Crippen LogP contribution in [0.1, 0.15) is 29.5 Å². The molecule has 3 aromatic carbocycles. The lowest BCUT2D eigenvalue weighted by atomic mass is 9.90. The van der Waals surface area contributed by atoms with Crippen LogP contribution in [0.2, 0.25) is 5.02 Å². The lowest BCUT2D eigenvalue weighted by molar-refractivity contribution is -0.904. The van der Waals surface area contributed by atoms with Crippen LogP contribution in [0.25, 0.3) is 0 Å². The van der Waals surface area contributed by atoms with Gasteiger partial charge in [-0.25, -0.2) is 4.99 Å². The molecule has 1 saturated heterocycles. The van der Waals surface area contributed by atoms with Gasteiger partial charge in [0.1, 0.15) is 5.71 Å². The topological polar surface area (TPSA) is 37.1 Å². The van der Waals surface area contributed by atoms with Crippen molar-refractivity contribution in [2.24, 2.45) is 10.9 Å². The molecule has 33 heavy (non-hydrogen) atoms. The molecule has 0 unspecified atom stereocenters. The number of benzene rings is 3. The highest BCUT2D eigenvalue weighted by atomic mass is 35.5. The number of amides is 1. The van der Waals surface area contributed by atoms with Gasteiger partial charge in [-0.15, -0.1) is 0 Å². The quantitative estimate of drug-likeness (QED) is 0.595. The van der Waals surface area contributed by atoms with E-state index in [0.29, 0.717) is 23.1 Å². The molecular formula is C28H29ClN3O+. The summed E-state index contributed by atoms with van der Waals surface area (Å²) in [6.45, 7) is 4.82. The van der Waals surface area contributed by atoms with Crippen molar-refractivity contribution >= 4 is 34.6 Å². The van der Waals surface area contributed by atoms with Crippen LogP contribution >= 0.6 is 11.6 Å². The highest BCUT2D eigenvalue weighted by Gasteiger charge is 2.36. The molecular weight excluding hydrogens is 430 g/mol. The fourth-order valence-corrected chi connectivity index (χ4v) is 5.10. The summed E-state index contributed by atoms with van der Waals surface area (Å²) in [6.07, 6.45) is 3.53. The van der Waals surface area contributed by atoms with Crippen LogP contribution in [-0.2, 0) is 11.2 Å². The Labute approximate surface area is 200 Å². The Hall–Kier alpha value is -2.95. The fraction of sp³-hybridized carbons (Fsp3) is 0.286. The molecule has 0 bridgehead atoms. The maximum atomic E-state index is 13.4. The van der Waals surface area contributed by atoms with Gasteiger partial charge in [-0.3, -0.25) is 9.69 Å². The summed E-state index contributed by atoms with van der Waals surface area (Å²) >= 11 is 6.29. The summed E-state index contributed by atoms with van der Waals surface area (Å²) in [6, 6.07) is 24.4. The van der Waals surface area contributed by atoms with Crippen LogP contribution in [-0.4, -0.2) is 31.4 Å². The molecule has 5 heteroatoms. The van der Waals surface area contributed by atoms with Gasteiger partial charge in [0.25, 0.3) is 5.91 Å². The molecule has 1 fully saturated rings. The Balaban J connectivity index is 1.30. The van der Waals surface area contributed by atoms with Gasteiger partial charge in [0.05, 0.1) is 24.5 Å². The number of hydrogen-bond donors (Lipinski definition) is 1. The number of quaternary nitrogens is 1. The molecule has 5 rings (SSSR count). The number of para-hydroxylation sites is 1. The molecule has 1 N–H and O–H groups in total. The Morgan fingerprint density at radius 3 is 2.48 bits per heavy atom. The Morgan fingerprint density at radius 1 is 1.00 bits per heavy atom. The number of aryl methyl sites for hydroxylation is 1. The lowest BCUT2D eigenvalue weighted by Gasteiger charge is -2.32. The average Bonchev–Trinajstić information content (AvgIpc) is 3.09. The van der Waals surface area contributed by atoms with Gasteiger partial charge >= 0.3 is 0 Å². The summed E-state index contributed by atoms with van der Waals surface area (Å²) in [7, 11) is 0. The number of likely N-dealkylation sites (tertiary alicyclic amines) is 1. The van der Waals surface area contributed by atoms with Gasteiger partial charge in [-0.05, 0) is 61.4 Å². The number of carbonyl (C=O) groups excluding carboxylic acids is 1. The van der Waals surface area contributed by atoms with E-state index in [-0.39, 0.29) is 5.91 Å². The van der Waals surface area contributed by atoms with E-state index < -0.39 is 0 Å². The minimum atomic E-state index is -0.0215. The third kappa shape index (κ3) is 4.73. The maximum absolute atomic E-state index is 13.4. The summed E-state index contributed by atoms with van der Waals surface area (Å²) in [5.41, 5.74) is 5.49. The third-order valence-corrected chi connectivity index (χ3v) is 7.26. The molecule has 0 radical (unpaired) electrons. The van der Waals surface area contributed by atoms with Crippen LogP contribution in [0.4, 0.5) is 11.4 Å². The van der Waals surface area contributed by atoms with Crippen LogP contribution in [0.3, 0.4) is 0 Å². The zero-order valence-corrected chi connectivity index (χ0v) is 19.7. The number of rotatable bonds is 5.